The van der Waals surface area contributed by atoms with Crippen LogP contribution in [0.3, 0.4) is 0 Å². The highest BCUT2D eigenvalue weighted by molar-refractivity contribution is 6.09. The first-order chi connectivity index (χ1) is 64.7. The fourth-order valence-electron chi connectivity index (χ4n) is 14.5. The van der Waals surface area contributed by atoms with Gasteiger partial charge >= 0.3 is 41.8 Å². The van der Waals surface area contributed by atoms with E-state index in [1.54, 1.807) is 101 Å². The molecule has 4 atom stereocenters. The largest absolute Gasteiger partial charge is 0.448 e. The molecule has 42 nitrogen and oxygen atoms in total. The van der Waals surface area contributed by atoms with Crippen molar-refractivity contribution >= 4 is 165 Å². The Morgan fingerprint density at radius 3 is 1.27 bits per heavy atom. The van der Waals surface area contributed by atoms with Gasteiger partial charge in [0.25, 0.3) is 11.4 Å². The van der Waals surface area contributed by atoms with Gasteiger partial charge in [-0.1, -0.05) is 48.5 Å². The highest BCUT2D eigenvalue weighted by atomic mass is 19.1. The zero-order chi connectivity index (χ0) is 99.8. The number of likely N-dealkylation sites (tertiary alicyclic amines) is 1. The van der Waals surface area contributed by atoms with Crippen LogP contribution in [-0.4, -0.2) is 188 Å². The molecule has 3 aliphatic rings. The number of nitro groups is 3. The second-order valence-corrected chi connectivity index (χ2v) is 34.5. The van der Waals surface area contributed by atoms with Crippen molar-refractivity contribution in [2.24, 2.45) is 0 Å². The van der Waals surface area contributed by atoms with E-state index < -0.39 is 127 Å². The summed E-state index contributed by atoms with van der Waals surface area (Å²) in [5.41, 5.74) is 9.56. The number of aromatic amines is 2. The minimum absolute atomic E-state index is 0.0289. The van der Waals surface area contributed by atoms with E-state index in [0.717, 1.165) is 64.2 Å². The number of anilines is 3. The summed E-state index contributed by atoms with van der Waals surface area (Å²) >= 11 is 0. The van der Waals surface area contributed by atoms with E-state index in [1.807, 2.05) is 48.5 Å². The third kappa shape index (κ3) is 22.2. The third-order valence-electron chi connectivity index (χ3n) is 20.3. The summed E-state index contributed by atoms with van der Waals surface area (Å²) in [6.45, 7) is 49.9. The van der Waals surface area contributed by atoms with Crippen molar-refractivity contribution in [1.29, 1.82) is 0 Å². The van der Waals surface area contributed by atoms with E-state index in [4.69, 9.17) is 55.7 Å². The summed E-state index contributed by atoms with van der Waals surface area (Å²) in [4.78, 5) is 132. The lowest BCUT2D eigenvalue weighted by atomic mass is 9.98. The van der Waals surface area contributed by atoms with E-state index in [1.165, 1.54) is 73.4 Å². The summed E-state index contributed by atoms with van der Waals surface area (Å²) in [6.07, 6.45) is 1.77. The lowest BCUT2D eigenvalue weighted by Gasteiger charge is -2.24. The van der Waals surface area contributed by atoms with Crippen LogP contribution in [0.1, 0.15) is 113 Å². The molecule has 0 unspecified atom stereocenters. The number of carbonyl (C=O) groups excluding carboxylic acids is 7. The average molecular weight is 1880 g/mol. The number of carbonyl (C=O) groups is 7. The lowest BCUT2D eigenvalue weighted by Crippen LogP contribution is -2.43. The molecule has 0 saturated carbocycles. The van der Waals surface area contributed by atoms with E-state index in [0.29, 0.717) is 60.5 Å². The molecule has 2 fully saturated rings. The van der Waals surface area contributed by atoms with Crippen LogP contribution < -0.4 is 21.7 Å². The zero-order valence-electron chi connectivity index (χ0n) is 74.9. The van der Waals surface area contributed by atoms with Crippen molar-refractivity contribution < 1.29 is 89.6 Å². The van der Waals surface area contributed by atoms with Crippen LogP contribution in [0.5, 0.6) is 0 Å². The molecule has 0 spiro atoms. The second-order valence-electron chi connectivity index (χ2n) is 34.5. The maximum Gasteiger partial charge on any atom is 0.435 e. The first-order valence-electron chi connectivity index (χ1n) is 41.4. The second kappa shape index (κ2) is 40.2. The highest BCUT2D eigenvalue weighted by Crippen LogP contribution is 2.46. The number of nitro benzene ring substituents is 3. The Morgan fingerprint density at radius 2 is 0.839 bits per heavy atom. The topological polar surface area (TPSA) is 506 Å². The number of benzene rings is 8. The van der Waals surface area contributed by atoms with Crippen LogP contribution in [0, 0.1) is 68.3 Å². The number of nitrogen functional groups attached to an aromatic ring is 1. The molecule has 3 amide bonds. The van der Waals surface area contributed by atoms with Crippen LogP contribution in [0.2, 0.25) is 0 Å². The van der Waals surface area contributed by atoms with Crippen molar-refractivity contribution in [3.8, 4) is 11.1 Å². The molecular formula is C91H84F4N24O18. The van der Waals surface area contributed by atoms with Crippen molar-refractivity contribution in [2.75, 3.05) is 36.1 Å². The number of hydrogen-bond acceptors (Lipinski definition) is 26. The van der Waals surface area contributed by atoms with Crippen LogP contribution in [-0.2, 0) is 33.3 Å². The van der Waals surface area contributed by atoms with Gasteiger partial charge in [0.2, 0.25) is 40.5 Å². The molecule has 7 N–H and O–H groups in total. The molecule has 2 saturated heterocycles. The first-order valence-corrected chi connectivity index (χ1v) is 41.4. The van der Waals surface area contributed by atoms with Crippen LogP contribution >= 0.6 is 0 Å². The number of nitrogens with two attached hydrogens (primary N) is 1. The minimum atomic E-state index is -1.42. The predicted molar refractivity (Wildman–Crippen MR) is 491 cm³/mol. The number of aromatic nitrogens is 12. The number of hydrogen-bond donors (Lipinski definition) is 6. The lowest BCUT2D eigenvalue weighted by molar-refractivity contribution is -0.387. The molecule has 704 valence electrons. The van der Waals surface area contributed by atoms with E-state index >= 15 is 0 Å². The molecule has 46 heteroatoms. The van der Waals surface area contributed by atoms with Crippen LogP contribution in [0.15, 0.2) is 159 Å². The van der Waals surface area contributed by atoms with Gasteiger partial charge in [-0.25, -0.2) is 52.1 Å². The maximum atomic E-state index is 14.6. The summed E-state index contributed by atoms with van der Waals surface area (Å²) in [6, 6.07) is 31.0. The highest BCUT2D eigenvalue weighted by Gasteiger charge is 2.43. The van der Waals surface area contributed by atoms with Gasteiger partial charge in [0.05, 0.1) is 110 Å². The molecule has 0 bridgehead atoms. The van der Waals surface area contributed by atoms with Gasteiger partial charge < -0.3 is 45.4 Å². The Balaban J connectivity index is 0.000000156. The van der Waals surface area contributed by atoms with Gasteiger partial charge in [0, 0.05) is 107 Å². The number of ether oxygens (including phenoxy) is 5. The monoisotopic (exact) mass is 1880 g/mol. The molecule has 137 heavy (non-hydrogen) atoms. The summed E-state index contributed by atoms with van der Waals surface area (Å²) in [7, 11) is 0. The van der Waals surface area contributed by atoms with Crippen molar-refractivity contribution in [1.82, 2.24) is 69.7 Å². The van der Waals surface area contributed by atoms with E-state index in [2.05, 4.69) is 76.1 Å². The van der Waals surface area contributed by atoms with Gasteiger partial charge in [-0.05, 0) is 160 Å². The smallest absolute Gasteiger partial charge is 0.435 e. The van der Waals surface area contributed by atoms with Gasteiger partial charge in [-0.15, -0.1) is 0 Å². The molecule has 1 aliphatic carbocycles. The molecule has 17 rings (SSSR count). The molecule has 6 aromatic heterocycles. The Bertz CT molecular complexity index is 7280. The number of alkyl halides is 2. The quantitative estimate of drug-likeness (QED) is 0.0195. The molecule has 8 heterocycles. The van der Waals surface area contributed by atoms with Gasteiger partial charge in [-0.3, -0.25) is 55.0 Å². The van der Waals surface area contributed by atoms with Crippen LogP contribution in [0.4, 0.5) is 98.4 Å². The number of nitrogens with zero attached hydrogens (tertiary/aromatic N) is 18. The normalized spacial score (nSPS) is 14.8. The number of amides is 3. The fraction of sp³-hybridized carbons (Fsp3) is 0.286. The minimum Gasteiger partial charge on any atom is -0.448 e. The molecule has 2 aliphatic heterocycles. The van der Waals surface area contributed by atoms with Gasteiger partial charge in [0.15, 0.2) is 0 Å². The van der Waals surface area contributed by atoms with Crippen molar-refractivity contribution in [3.63, 3.8) is 0 Å². The fourth-order valence-corrected chi connectivity index (χ4v) is 14.5. The van der Waals surface area contributed by atoms with Crippen LogP contribution in [0.25, 0.3) is 95.9 Å². The standard InChI is InChI=1S/C33H30FN5O5.C18H20FN5O3.C13H14N4O2.C12H12FN3O4.C8H4N4O2.C7H4FN3O2/c1-33(2,3)44-32(42)39-27-14-13-26(29(35-4)24(27)16-36-39)37-30(40)28-15-19(34)17-38(28)31(41)43-18-25-22-11-7-5-9-20(22)21-10-6-8-12-23(21)25;1-18(2,3)27-17(26)24-14-6-5-12(15(20-4)11(14)9-22-24)23-16(25)13-7-10(19)8-21-13;1-13(2,3)19-12(18)17-10-6-5-9(14)11(15-4)8(10)7-16-17;1-12(2,3)20-11(17)15-8-4-5-9(16(18)19)10(13)7(8)6-14-15;1-9-8-5-4-10-11-6(5)2-3-7(8)12(13)14;8-7-4-3-9-10-5(4)1-2-6(7)11(12)13/h5-14,16,19,25,28H,15,17-18H2,1-3H3,(H,37,40);5-6,9-10,13,21H,7-8H2,1-3H3,(H,23,25);5-7H,14H2,1-3H3;4-6H,1-3H3;2-4H,(H,10,11);1-3H,(H,9,10)/t19-,28-;10-,13-;;;;/m11..../s1. The number of rotatable bonds is 9. The maximum absolute atomic E-state index is 14.6. The number of halogens is 4. The van der Waals surface area contributed by atoms with E-state index in [-0.39, 0.29) is 88.9 Å². The van der Waals surface area contributed by atoms with Gasteiger partial charge in [0.1, 0.15) is 47.4 Å². The molecular weight excluding hydrogens is 1790 g/mol. The summed E-state index contributed by atoms with van der Waals surface area (Å²) < 4.78 is 85.9. The number of nitrogens with one attached hydrogen (secondary N) is 5. The molecule has 8 aromatic carbocycles. The summed E-state index contributed by atoms with van der Waals surface area (Å²) in [5.74, 6) is -3.11. The SMILES string of the molecule is CC(C)(C)OC(=O)n1ncc2c(F)c([N+](=O)[O-])ccc21.O=[N+]([O-])c1ccc2[nH]ncc2c1F.[C-]#[N+]c1c(N)ccc2c1cnn2C(=O)OC(C)(C)C.[C-]#[N+]c1c(NC(=O)[C@H]2C[C@@H](F)CN2)ccc2c1cnn2C(=O)OC(C)(C)C.[C-]#[N+]c1c(NC(=O)[C@H]2C[C@@H](F)CN2C(=O)OCC2c3ccccc3-c3ccccc32)ccc2c1cnn2C(=O)OC(C)(C)C.[C-]#[N+]c1c([N+](=O)[O-])ccc2[nH]ncc12. The third-order valence-corrected chi connectivity index (χ3v) is 20.3. The molecule has 14 aromatic rings. The summed E-state index contributed by atoms with van der Waals surface area (Å²) in [5, 5.41) is 69.7. The number of H-pyrrole nitrogens is 2. The van der Waals surface area contributed by atoms with Crippen molar-refractivity contribution in [3.05, 3.63) is 257 Å². The zero-order valence-corrected chi connectivity index (χ0v) is 74.9. The Hall–Kier alpha value is -17.7. The van der Waals surface area contributed by atoms with Gasteiger partial charge in [-0.2, -0.15) is 58.1 Å². The number of fused-ring (bicyclic) bond motifs is 9. The Kier molecular flexibility index (Phi) is 28.8. The van der Waals surface area contributed by atoms with Crippen molar-refractivity contribution in [2.45, 2.75) is 149 Å². The Morgan fingerprint density at radius 1 is 0.460 bits per heavy atom. The Labute approximate surface area is 773 Å². The molecule has 0 radical (unpaired) electrons. The first kappa shape index (κ1) is 98.3. The van der Waals surface area contributed by atoms with E-state index in [9.17, 15) is 81.5 Å². The average Bonchev–Trinajstić information content (AvgIpc) is 1.62. The predicted octanol–water partition coefficient (Wildman–Crippen LogP) is 19.1.